The van der Waals surface area contributed by atoms with Gasteiger partial charge in [0.15, 0.2) is 5.82 Å². The minimum absolute atomic E-state index is 0.300. The Labute approximate surface area is 214 Å². The number of nitriles is 1. The summed E-state index contributed by atoms with van der Waals surface area (Å²) in [6, 6.07) is 14.0. The van der Waals surface area contributed by atoms with Gasteiger partial charge in [0, 0.05) is 18.0 Å². The summed E-state index contributed by atoms with van der Waals surface area (Å²) in [4.78, 5) is 21.5. The number of unbranched alkanes of at least 4 members (excludes halogenated alkanes) is 6. The zero-order chi connectivity index (χ0) is 25.6. The predicted octanol–water partition coefficient (Wildman–Crippen LogP) is 7.32. The fourth-order valence-corrected chi connectivity index (χ4v) is 3.87. The first-order valence-electron chi connectivity index (χ1n) is 12.9. The van der Waals surface area contributed by atoms with E-state index in [0.29, 0.717) is 35.1 Å². The zero-order valence-electron chi connectivity index (χ0n) is 21.3. The minimum Gasteiger partial charge on any atom is -0.492 e. The number of nitrogens with zero attached hydrogens (tertiary/aromatic N) is 3. The van der Waals surface area contributed by atoms with E-state index in [-0.39, 0.29) is 0 Å². The normalized spacial score (nSPS) is 10.6. The van der Waals surface area contributed by atoms with Gasteiger partial charge in [0.2, 0.25) is 0 Å². The standard InChI is InChI=1S/C30H35N3O3/c1-3-5-6-7-8-9-10-18-35-28-17-14-25(19-26(28)20-31)30(34)36-27-15-12-24(13-16-27)29-32-21-23(11-4-2)22-33-29/h12-17,19,21-22H,3-11,18H2,1-2H3. The largest absolute Gasteiger partial charge is 0.492 e. The second kappa shape index (κ2) is 14.6. The number of aromatic nitrogens is 2. The molecular weight excluding hydrogens is 450 g/mol. The summed E-state index contributed by atoms with van der Waals surface area (Å²) in [5.74, 6) is 0.995. The number of hydrogen-bond acceptors (Lipinski definition) is 6. The smallest absolute Gasteiger partial charge is 0.343 e. The van der Waals surface area contributed by atoms with Crippen molar-refractivity contribution >= 4 is 5.97 Å². The lowest BCUT2D eigenvalue weighted by atomic mass is 10.1. The van der Waals surface area contributed by atoms with Gasteiger partial charge in [0.05, 0.1) is 17.7 Å². The average Bonchev–Trinajstić information content (AvgIpc) is 2.91. The quantitative estimate of drug-likeness (QED) is 0.135. The van der Waals surface area contributed by atoms with Crippen molar-refractivity contribution in [3.63, 3.8) is 0 Å². The summed E-state index contributed by atoms with van der Waals surface area (Å²) in [5.41, 5.74) is 2.57. The summed E-state index contributed by atoms with van der Waals surface area (Å²) in [6.07, 6.45) is 14.1. The molecule has 0 saturated heterocycles. The van der Waals surface area contributed by atoms with E-state index in [1.54, 1.807) is 24.3 Å². The van der Waals surface area contributed by atoms with Gasteiger partial charge >= 0.3 is 5.97 Å². The van der Waals surface area contributed by atoms with Gasteiger partial charge in [-0.3, -0.25) is 0 Å². The molecule has 0 spiro atoms. The number of aryl methyl sites for hydroxylation is 1. The molecule has 0 saturated carbocycles. The van der Waals surface area contributed by atoms with Crippen LogP contribution in [0.25, 0.3) is 11.4 Å². The van der Waals surface area contributed by atoms with Gasteiger partial charge in [-0.15, -0.1) is 0 Å². The molecule has 0 aliphatic heterocycles. The second-order valence-corrected chi connectivity index (χ2v) is 8.87. The highest BCUT2D eigenvalue weighted by atomic mass is 16.5. The first kappa shape index (κ1) is 26.9. The maximum atomic E-state index is 12.7. The Morgan fingerprint density at radius 1 is 0.889 bits per heavy atom. The molecule has 6 nitrogen and oxygen atoms in total. The highest BCUT2D eigenvalue weighted by Crippen LogP contribution is 2.23. The van der Waals surface area contributed by atoms with Crippen LogP contribution >= 0.6 is 0 Å². The molecule has 2 aromatic carbocycles. The van der Waals surface area contributed by atoms with Gasteiger partial charge in [-0.05, 0) is 60.9 Å². The number of benzene rings is 2. The third-order valence-corrected chi connectivity index (χ3v) is 5.91. The van der Waals surface area contributed by atoms with Crippen LogP contribution in [0.5, 0.6) is 11.5 Å². The van der Waals surface area contributed by atoms with Crippen molar-refractivity contribution in [2.45, 2.75) is 71.6 Å². The fourth-order valence-electron chi connectivity index (χ4n) is 3.87. The number of carbonyl (C=O) groups is 1. The van der Waals surface area contributed by atoms with Crippen LogP contribution in [0.3, 0.4) is 0 Å². The third-order valence-electron chi connectivity index (χ3n) is 5.91. The van der Waals surface area contributed by atoms with Crippen molar-refractivity contribution in [2.75, 3.05) is 6.61 Å². The maximum absolute atomic E-state index is 12.7. The van der Waals surface area contributed by atoms with Crippen LogP contribution in [0.1, 0.15) is 86.7 Å². The summed E-state index contributed by atoms with van der Waals surface area (Å²) in [7, 11) is 0. The number of carbonyl (C=O) groups excluding carboxylic acids is 1. The van der Waals surface area contributed by atoms with Crippen molar-refractivity contribution in [2.24, 2.45) is 0 Å². The van der Waals surface area contributed by atoms with Crippen LogP contribution in [0.15, 0.2) is 54.9 Å². The molecule has 1 heterocycles. The highest BCUT2D eigenvalue weighted by molar-refractivity contribution is 5.91. The maximum Gasteiger partial charge on any atom is 0.343 e. The lowest BCUT2D eigenvalue weighted by molar-refractivity contribution is 0.0734. The summed E-state index contributed by atoms with van der Waals surface area (Å²) >= 11 is 0. The van der Waals surface area contributed by atoms with Gasteiger partial charge in [-0.25, -0.2) is 14.8 Å². The summed E-state index contributed by atoms with van der Waals surface area (Å²) in [6.45, 7) is 4.89. The second-order valence-electron chi connectivity index (χ2n) is 8.87. The molecule has 0 atom stereocenters. The van der Waals surface area contributed by atoms with Crippen LogP contribution < -0.4 is 9.47 Å². The van der Waals surface area contributed by atoms with Gasteiger partial charge in [-0.1, -0.05) is 58.8 Å². The Bertz CT molecular complexity index is 1140. The first-order valence-corrected chi connectivity index (χ1v) is 12.9. The van der Waals surface area contributed by atoms with E-state index in [4.69, 9.17) is 9.47 Å². The van der Waals surface area contributed by atoms with E-state index >= 15 is 0 Å². The van der Waals surface area contributed by atoms with E-state index in [1.165, 1.54) is 38.2 Å². The molecule has 6 heteroatoms. The molecule has 0 N–H and O–H groups in total. The SMILES string of the molecule is CCCCCCCCCOc1ccc(C(=O)Oc2ccc(-c3ncc(CCC)cn3)cc2)cc1C#N. The molecule has 0 amide bonds. The number of hydrogen-bond donors (Lipinski definition) is 0. The molecule has 1 aromatic heterocycles. The van der Waals surface area contributed by atoms with Crippen molar-refractivity contribution in [3.8, 4) is 29.0 Å². The molecule has 0 unspecified atom stereocenters. The Kier molecular flexibility index (Phi) is 10.9. The molecule has 0 aliphatic rings. The van der Waals surface area contributed by atoms with E-state index in [2.05, 4.69) is 29.9 Å². The molecule has 0 fully saturated rings. The summed E-state index contributed by atoms with van der Waals surface area (Å²) < 4.78 is 11.3. The Balaban J connectivity index is 1.52. The Morgan fingerprint density at radius 2 is 1.58 bits per heavy atom. The molecule has 36 heavy (non-hydrogen) atoms. The van der Waals surface area contributed by atoms with Crippen LogP contribution in [-0.4, -0.2) is 22.5 Å². The molecule has 188 valence electrons. The van der Waals surface area contributed by atoms with Gasteiger partial charge < -0.3 is 9.47 Å². The molecule has 0 radical (unpaired) electrons. The van der Waals surface area contributed by atoms with Gasteiger partial charge in [0.25, 0.3) is 0 Å². The van der Waals surface area contributed by atoms with Crippen LogP contribution in [-0.2, 0) is 6.42 Å². The third kappa shape index (κ3) is 8.20. The molecule has 3 rings (SSSR count). The van der Waals surface area contributed by atoms with E-state index < -0.39 is 5.97 Å². The minimum atomic E-state index is -0.530. The first-order chi connectivity index (χ1) is 17.6. The molecule has 0 bridgehead atoms. The fraction of sp³-hybridized carbons (Fsp3) is 0.400. The predicted molar refractivity (Wildman–Crippen MR) is 141 cm³/mol. The van der Waals surface area contributed by atoms with Gasteiger partial charge in [0.1, 0.15) is 17.6 Å². The van der Waals surface area contributed by atoms with Crippen LogP contribution in [0.2, 0.25) is 0 Å². The van der Waals surface area contributed by atoms with E-state index in [9.17, 15) is 10.1 Å². The van der Waals surface area contributed by atoms with Crippen molar-refractivity contribution in [1.82, 2.24) is 9.97 Å². The van der Waals surface area contributed by atoms with E-state index in [1.807, 2.05) is 24.5 Å². The van der Waals surface area contributed by atoms with E-state index in [0.717, 1.165) is 36.8 Å². The van der Waals surface area contributed by atoms with Crippen LogP contribution in [0.4, 0.5) is 0 Å². The average molecular weight is 486 g/mol. The molecule has 0 aliphatic carbocycles. The van der Waals surface area contributed by atoms with Crippen LogP contribution in [0, 0.1) is 11.3 Å². The van der Waals surface area contributed by atoms with Crippen molar-refractivity contribution < 1.29 is 14.3 Å². The van der Waals surface area contributed by atoms with Crippen molar-refractivity contribution in [3.05, 3.63) is 71.5 Å². The monoisotopic (exact) mass is 485 g/mol. The van der Waals surface area contributed by atoms with Crippen molar-refractivity contribution in [1.29, 1.82) is 5.26 Å². The Morgan fingerprint density at radius 3 is 2.25 bits per heavy atom. The molecular formula is C30H35N3O3. The lowest BCUT2D eigenvalue weighted by Gasteiger charge is -2.10. The molecule has 3 aromatic rings. The topological polar surface area (TPSA) is 85.1 Å². The lowest BCUT2D eigenvalue weighted by Crippen LogP contribution is -2.09. The number of rotatable bonds is 14. The Hall–Kier alpha value is -3.72. The zero-order valence-corrected chi connectivity index (χ0v) is 21.3. The number of esters is 1. The summed E-state index contributed by atoms with van der Waals surface area (Å²) in [5, 5.41) is 9.53. The van der Waals surface area contributed by atoms with Gasteiger partial charge in [-0.2, -0.15) is 5.26 Å². The number of ether oxygens (including phenoxy) is 2. The highest BCUT2D eigenvalue weighted by Gasteiger charge is 2.13.